The van der Waals surface area contributed by atoms with Crippen LogP contribution in [0.4, 0.5) is 0 Å². The molecule has 0 atom stereocenters. The van der Waals surface area contributed by atoms with E-state index in [1.807, 2.05) is 6.33 Å². The predicted molar refractivity (Wildman–Crippen MR) is 47.7 cm³/mol. The van der Waals surface area contributed by atoms with Crippen LogP contribution in [0.1, 0.15) is 38.4 Å². The molecular weight excluding hydrogens is 150 g/mol. The summed E-state index contributed by atoms with van der Waals surface area (Å²) >= 11 is 0. The molecule has 1 aliphatic rings. The van der Waals surface area contributed by atoms with Crippen molar-refractivity contribution in [2.45, 2.75) is 38.3 Å². The number of hydrogen-bond donors (Lipinski definition) is 1. The summed E-state index contributed by atoms with van der Waals surface area (Å²) in [6.45, 7) is 4.28. The highest BCUT2D eigenvalue weighted by Gasteiger charge is 2.42. The zero-order valence-electron chi connectivity index (χ0n) is 7.62. The molecule has 0 spiro atoms. The molecule has 0 saturated heterocycles. The molecule has 0 aliphatic heterocycles. The average Bonchev–Trinajstić information content (AvgIpc) is 2.61. The molecular formula is C9H15N3. The van der Waals surface area contributed by atoms with Gasteiger partial charge in [-0.25, -0.2) is 4.98 Å². The molecule has 1 saturated carbocycles. The summed E-state index contributed by atoms with van der Waals surface area (Å²) in [5.74, 6) is 0. The van der Waals surface area contributed by atoms with E-state index in [-0.39, 0.29) is 5.54 Å². The van der Waals surface area contributed by atoms with Crippen LogP contribution in [-0.4, -0.2) is 9.55 Å². The maximum atomic E-state index is 6.01. The molecule has 1 aromatic heterocycles. The molecule has 1 fully saturated rings. The van der Waals surface area contributed by atoms with Crippen molar-refractivity contribution < 1.29 is 0 Å². The summed E-state index contributed by atoms with van der Waals surface area (Å²) in [6.07, 6.45) is 6.11. The Morgan fingerprint density at radius 1 is 1.58 bits per heavy atom. The predicted octanol–water partition coefficient (Wildman–Crippen LogP) is 1.41. The molecule has 3 nitrogen and oxygen atoms in total. The van der Waals surface area contributed by atoms with Gasteiger partial charge in [0.05, 0.1) is 17.6 Å². The van der Waals surface area contributed by atoms with Gasteiger partial charge in [-0.05, 0) is 26.7 Å². The molecule has 2 rings (SSSR count). The zero-order valence-corrected chi connectivity index (χ0v) is 7.62. The van der Waals surface area contributed by atoms with Crippen molar-refractivity contribution in [3.05, 3.63) is 18.2 Å². The van der Waals surface area contributed by atoms with Crippen molar-refractivity contribution in [2.75, 3.05) is 0 Å². The van der Waals surface area contributed by atoms with Gasteiger partial charge in [-0.3, -0.25) is 0 Å². The minimum Gasteiger partial charge on any atom is -0.335 e. The maximum absolute atomic E-state index is 6.01. The number of rotatable bonds is 2. The summed E-state index contributed by atoms with van der Waals surface area (Å²) < 4.78 is 2.10. The first-order valence-corrected chi connectivity index (χ1v) is 4.45. The van der Waals surface area contributed by atoms with Gasteiger partial charge in [-0.15, -0.1) is 0 Å². The van der Waals surface area contributed by atoms with Crippen LogP contribution in [0.3, 0.4) is 0 Å². The molecule has 0 unspecified atom stereocenters. The lowest BCUT2D eigenvalue weighted by molar-refractivity contribution is 0.597. The highest BCUT2D eigenvalue weighted by atomic mass is 15.1. The minimum absolute atomic E-state index is 0.0832. The lowest BCUT2D eigenvalue weighted by Gasteiger charge is -2.05. The molecule has 1 aromatic rings. The first-order valence-electron chi connectivity index (χ1n) is 4.45. The molecule has 0 amide bonds. The Labute approximate surface area is 72.6 Å². The van der Waals surface area contributed by atoms with Crippen molar-refractivity contribution in [2.24, 2.45) is 5.73 Å². The molecule has 12 heavy (non-hydrogen) atoms. The Balaban J connectivity index is 2.25. The van der Waals surface area contributed by atoms with E-state index in [0.717, 1.165) is 18.5 Å². The third-order valence-corrected chi connectivity index (χ3v) is 2.50. The van der Waals surface area contributed by atoms with Gasteiger partial charge in [0.2, 0.25) is 0 Å². The lowest BCUT2D eigenvalue weighted by atomic mass is 10.2. The lowest BCUT2D eigenvalue weighted by Crippen LogP contribution is -2.19. The summed E-state index contributed by atoms with van der Waals surface area (Å²) in [5, 5.41) is 0. The Kier molecular flexibility index (Phi) is 1.51. The average molecular weight is 165 g/mol. The fraction of sp³-hybridized carbons (Fsp3) is 0.667. The van der Waals surface area contributed by atoms with Crippen LogP contribution in [0, 0.1) is 0 Å². The molecule has 66 valence electrons. The van der Waals surface area contributed by atoms with Crippen LogP contribution in [0.15, 0.2) is 12.5 Å². The van der Waals surface area contributed by atoms with Crippen LogP contribution in [0.25, 0.3) is 0 Å². The van der Waals surface area contributed by atoms with E-state index in [2.05, 4.69) is 29.6 Å². The van der Waals surface area contributed by atoms with Crippen LogP contribution in [0.2, 0.25) is 0 Å². The van der Waals surface area contributed by atoms with Gasteiger partial charge in [-0.1, -0.05) is 0 Å². The second-order valence-electron chi connectivity index (χ2n) is 3.96. The monoisotopic (exact) mass is 165 g/mol. The van der Waals surface area contributed by atoms with Crippen LogP contribution < -0.4 is 5.73 Å². The fourth-order valence-corrected chi connectivity index (χ4v) is 1.27. The number of nitrogens with zero attached hydrogens (tertiary/aromatic N) is 2. The second kappa shape index (κ2) is 2.33. The van der Waals surface area contributed by atoms with Gasteiger partial charge < -0.3 is 10.3 Å². The van der Waals surface area contributed by atoms with Crippen LogP contribution in [-0.2, 0) is 5.54 Å². The van der Waals surface area contributed by atoms with Crippen molar-refractivity contribution in [1.29, 1.82) is 0 Å². The van der Waals surface area contributed by atoms with Gasteiger partial charge in [0.15, 0.2) is 0 Å². The molecule has 0 radical (unpaired) electrons. The Hall–Kier alpha value is -0.830. The van der Waals surface area contributed by atoms with Crippen molar-refractivity contribution in [1.82, 2.24) is 9.55 Å². The minimum atomic E-state index is -0.0832. The second-order valence-corrected chi connectivity index (χ2v) is 3.96. The summed E-state index contributed by atoms with van der Waals surface area (Å²) in [6, 6.07) is 0.480. The largest absolute Gasteiger partial charge is 0.335 e. The van der Waals surface area contributed by atoms with Gasteiger partial charge in [0.1, 0.15) is 0 Å². The molecule has 0 aromatic carbocycles. The SMILES string of the molecule is CC(C)n1cnc(C2(N)CC2)c1. The zero-order chi connectivity index (χ0) is 8.77. The Morgan fingerprint density at radius 2 is 2.25 bits per heavy atom. The van der Waals surface area contributed by atoms with Gasteiger partial charge in [-0.2, -0.15) is 0 Å². The van der Waals surface area contributed by atoms with Crippen molar-refractivity contribution in [3.63, 3.8) is 0 Å². The Morgan fingerprint density at radius 3 is 2.67 bits per heavy atom. The fourth-order valence-electron chi connectivity index (χ4n) is 1.27. The highest BCUT2D eigenvalue weighted by Crippen LogP contribution is 2.41. The highest BCUT2D eigenvalue weighted by molar-refractivity contribution is 5.19. The topological polar surface area (TPSA) is 43.8 Å². The van der Waals surface area contributed by atoms with Crippen molar-refractivity contribution in [3.8, 4) is 0 Å². The molecule has 3 heteroatoms. The summed E-state index contributed by atoms with van der Waals surface area (Å²) in [7, 11) is 0. The normalized spacial score (nSPS) is 20.0. The van der Waals surface area contributed by atoms with Gasteiger partial charge in [0, 0.05) is 12.2 Å². The van der Waals surface area contributed by atoms with Gasteiger partial charge in [0.25, 0.3) is 0 Å². The summed E-state index contributed by atoms with van der Waals surface area (Å²) in [5.41, 5.74) is 6.97. The van der Waals surface area contributed by atoms with Crippen LogP contribution >= 0.6 is 0 Å². The number of nitrogens with two attached hydrogens (primary N) is 1. The molecule has 1 aliphatic carbocycles. The van der Waals surface area contributed by atoms with E-state index in [4.69, 9.17) is 5.73 Å². The van der Waals surface area contributed by atoms with E-state index >= 15 is 0 Å². The van der Waals surface area contributed by atoms with E-state index in [1.165, 1.54) is 0 Å². The molecule has 2 N–H and O–H groups in total. The van der Waals surface area contributed by atoms with E-state index in [9.17, 15) is 0 Å². The summed E-state index contributed by atoms with van der Waals surface area (Å²) in [4.78, 5) is 4.31. The number of hydrogen-bond acceptors (Lipinski definition) is 2. The standard InChI is InChI=1S/C9H15N3/c1-7(2)12-5-8(11-6-12)9(10)3-4-9/h5-7H,3-4,10H2,1-2H3. The number of aromatic nitrogens is 2. The first kappa shape index (κ1) is 7.80. The Bertz CT molecular complexity index is 284. The van der Waals surface area contributed by atoms with Crippen LogP contribution in [0.5, 0.6) is 0 Å². The molecule has 0 bridgehead atoms. The van der Waals surface area contributed by atoms with Gasteiger partial charge >= 0.3 is 0 Å². The smallest absolute Gasteiger partial charge is 0.0952 e. The first-order chi connectivity index (χ1) is 5.62. The van der Waals surface area contributed by atoms with E-state index in [0.29, 0.717) is 6.04 Å². The van der Waals surface area contributed by atoms with E-state index in [1.54, 1.807) is 0 Å². The quantitative estimate of drug-likeness (QED) is 0.720. The molecule has 1 heterocycles. The third-order valence-electron chi connectivity index (χ3n) is 2.50. The third kappa shape index (κ3) is 1.14. The van der Waals surface area contributed by atoms with Crippen molar-refractivity contribution >= 4 is 0 Å². The van der Waals surface area contributed by atoms with E-state index < -0.39 is 0 Å². The number of imidazole rings is 1. The maximum Gasteiger partial charge on any atom is 0.0952 e.